The summed E-state index contributed by atoms with van der Waals surface area (Å²) in [5, 5.41) is 15.5. The summed E-state index contributed by atoms with van der Waals surface area (Å²) in [6.45, 7) is 1.97. The molecule has 0 unspecified atom stereocenters. The molecule has 5 heteroatoms. The van der Waals surface area contributed by atoms with Gasteiger partial charge in [0.15, 0.2) is 0 Å². The molecule has 1 fully saturated rings. The van der Waals surface area contributed by atoms with Gasteiger partial charge in [0.2, 0.25) is 0 Å². The van der Waals surface area contributed by atoms with Crippen LogP contribution in [0.4, 0.5) is 0 Å². The molecule has 0 aliphatic heterocycles. The van der Waals surface area contributed by atoms with Gasteiger partial charge in [0.05, 0.1) is 6.10 Å². The Labute approximate surface area is 134 Å². The fourth-order valence-electron chi connectivity index (χ4n) is 2.77. The average molecular weight is 316 g/mol. The van der Waals surface area contributed by atoms with Gasteiger partial charge in [-0.1, -0.05) is 12.1 Å². The number of aryl methyl sites for hydroxylation is 1. The SMILES string of the molecule is Cc1csc(-c2cccc(C(=O)NC3CCC(O)CC3)c2)n1. The summed E-state index contributed by atoms with van der Waals surface area (Å²) in [5.41, 5.74) is 2.64. The summed E-state index contributed by atoms with van der Waals surface area (Å²) < 4.78 is 0. The summed E-state index contributed by atoms with van der Waals surface area (Å²) in [5.74, 6) is -0.0449. The Morgan fingerprint density at radius 1 is 1.32 bits per heavy atom. The zero-order valence-corrected chi connectivity index (χ0v) is 13.4. The molecule has 0 saturated heterocycles. The van der Waals surface area contributed by atoms with E-state index >= 15 is 0 Å². The maximum absolute atomic E-state index is 12.4. The third-order valence-corrected chi connectivity index (χ3v) is 5.03. The summed E-state index contributed by atoms with van der Waals surface area (Å²) in [7, 11) is 0. The van der Waals surface area contributed by atoms with Gasteiger partial charge in [0, 0.05) is 28.2 Å². The lowest BCUT2D eigenvalue weighted by Crippen LogP contribution is -2.38. The van der Waals surface area contributed by atoms with Crippen LogP contribution in [0.2, 0.25) is 0 Å². The third-order valence-electron chi connectivity index (χ3n) is 4.02. The number of nitrogens with one attached hydrogen (secondary N) is 1. The molecular formula is C17H20N2O2S. The average Bonchev–Trinajstić information content (AvgIpc) is 2.96. The van der Waals surface area contributed by atoms with Gasteiger partial charge in [0.25, 0.3) is 5.91 Å². The third kappa shape index (κ3) is 3.54. The van der Waals surface area contributed by atoms with Gasteiger partial charge >= 0.3 is 0 Å². The number of aromatic nitrogens is 1. The van der Waals surface area contributed by atoms with Crippen LogP contribution in [0.1, 0.15) is 41.7 Å². The Balaban J connectivity index is 1.70. The predicted molar refractivity (Wildman–Crippen MR) is 88.0 cm³/mol. The van der Waals surface area contributed by atoms with Crippen molar-refractivity contribution in [2.24, 2.45) is 0 Å². The van der Waals surface area contributed by atoms with E-state index in [2.05, 4.69) is 10.3 Å². The van der Waals surface area contributed by atoms with Crippen LogP contribution in [0.15, 0.2) is 29.6 Å². The number of amides is 1. The molecule has 22 heavy (non-hydrogen) atoms. The summed E-state index contributed by atoms with van der Waals surface area (Å²) in [6, 6.07) is 7.77. The number of aliphatic hydroxyl groups excluding tert-OH is 1. The molecule has 2 aromatic rings. The molecule has 4 nitrogen and oxygen atoms in total. The summed E-state index contributed by atoms with van der Waals surface area (Å²) in [4.78, 5) is 16.9. The monoisotopic (exact) mass is 316 g/mol. The standard InChI is InChI=1S/C17H20N2O2S/c1-11-10-22-17(18-11)13-4-2-3-12(9-13)16(21)19-14-5-7-15(20)8-6-14/h2-4,9-10,14-15,20H,5-8H2,1H3,(H,19,21). The van der Waals surface area contributed by atoms with E-state index in [1.807, 2.05) is 36.6 Å². The summed E-state index contributed by atoms with van der Waals surface area (Å²) >= 11 is 1.59. The fourth-order valence-corrected chi connectivity index (χ4v) is 3.56. The van der Waals surface area contributed by atoms with Crippen molar-refractivity contribution in [3.8, 4) is 10.6 Å². The second kappa shape index (κ2) is 6.58. The molecule has 3 rings (SSSR count). The number of benzene rings is 1. The highest BCUT2D eigenvalue weighted by Gasteiger charge is 2.21. The molecule has 0 atom stereocenters. The topological polar surface area (TPSA) is 62.2 Å². The first-order valence-electron chi connectivity index (χ1n) is 7.63. The number of hydrogen-bond acceptors (Lipinski definition) is 4. The highest BCUT2D eigenvalue weighted by atomic mass is 32.1. The molecule has 0 bridgehead atoms. The molecule has 116 valence electrons. The van der Waals surface area contributed by atoms with Crippen molar-refractivity contribution in [3.63, 3.8) is 0 Å². The number of carbonyl (C=O) groups excluding carboxylic acids is 1. The zero-order chi connectivity index (χ0) is 15.5. The van der Waals surface area contributed by atoms with E-state index in [4.69, 9.17) is 0 Å². The molecule has 2 N–H and O–H groups in total. The number of aliphatic hydroxyl groups is 1. The molecular weight excluding hydrogens is 296 g/mol. The van der Waals surface area contributed by atoms with Gasteiger partial charge in [-0.2, -0.15) is 0 Å². The minimum Gasteiger partial charge on any atom is -0.393 e. The van der Waals surface area contributed by atoms with E-state index in [0.717, 1.165) is 41.9 Å². The highest BCUT2D eigenvalue weighted by Crippen LogP contribution is 2.24. The van der Waals surface area contributed by atoms with Crippen LogP contribution in [0.5, 0.6) is 0 Å². The molecule has 1 aliphatic rings. The molecule has 1 aromatic heterocycles. The van der Waals surface area contributed by atoms with Gasteiger partial charge in [-0.05, 0) is 44.7 Å². The predicted octanol–water partition coefficient (Wildman–Crippen LogP) is 3.15. The van der Waals surface area contributed by atoms with Crippen LogP contribution < -0.4 is 5.32 Å². The Bertz CT molecular complexity index is 660. The van der Waals surface area contributed by atoms with Crippen molar-refractivity contribution in [1.29, 1.82) is 0 Å². The number of hydrogen-bond donors (Lipinski definition) is 2. The molecule has 0 radical (unpaired) electrons. The molecule has 0 spiro atoms. The van der Waals surface area contributed by atoms with Gasteiger partial charge in [-0.3, -0.25) is 4.79 Å². The number of carbonyl (C=O) groups is 1. The highest BCUT2D eigenvalue weighted by molar-refractivity contribution is 7.13. The van der Waals surface area contributed by atoms with Crippen LogP contribution >= 0.6 is 11.3 Å². The Hall–Kier alpha value is -1.72. The lowest BCUT2D eigenvalue weighted by Gasteiger charge is -2.26. The van der Waals surface area contributed by atoms with Crippen LogP contribution in [0.3, 0.4) is 0 Å². The zero-order valence-electron chi connectivity index (χ0n) is 12.6. The van der Waals surface area contributed by atoms with Crippen molar-refractivity contribution < 1.29 is 9.90 Å². The van der Waals surface area contributed by atoms with Gasteiger partial charge in [-0.25, -0.2) is 4.98 Å². The van der Waals surface area contributed by atoms with E-state index in [1.165, 1.54) is 0 Å². The molecule has 1 amide bonds. The molecule has 1 aliphatic carbocycles. The first kappa shape index (κ1) is 15.2. The Morgan fingerprint density at radius 3 is 2.77 bits per heavy atom. The molecule has 1 heterocycles. The van der Waals surface area contributed by atoms with Crippen LogP contribution in [-0.2, 0) is 0 Å². The molecule has 1 aromatic carbocycles. The smallest absolute Gasteiger partial charge is 0.251 e. The van der Waals surface area contributed by atoms with Crippen molar-refractivity contribution in [1.82, 2.24) is 10.3 Å². The maximum atomic E-state index is 12.4. The second-order valence-electron chi connectivity index (χ2n) is 5.85. The largest absolute Gasteiger partial charge is 0.393 e. The minimum atomic E-state index is -0.204. The fraction of sp³-hybridized carbons (Fsp3) is 0.412. The normalized spacial score (nSPS) is 21.5. The number of thiazole rings is 1. The van der Waals surface area contributed by atoms with Crippen molar-refractivity contribution in [3.05, 3.63) is 40.9 Å². The molecule has 1 saturated carbocycles. The van der Waals surface area contributed by atoms with Crippen LogP contribution in [0, 0.1) is 6.92 Å². The van der Waals surface area contributed by atoms with Crippen molar-refractivity contribution >= 4 is 17.2 Å². The van der Waals surface area contributed by atoms with Crippen molar-refractivity contribution in [2.75, 3.05) is 0 Å². The first-order chi connectivity index (χ1) is 10.6. The maximum Gasteiger partial charge on any atom is 0.251 e. The lowest BCUT2D eigenvalue weighted by atomic mass is 9.93. The first-order valence-corrected chi connectivity index (χ1v) is 8.51. The lowest BCUT2D eigenvalue weighted by molar-refractivity contribution is 0.0867. The van der Waals surface area contributed by atoms with Gasteiger partial charge in [0.1, 0.15) is 5.01 Å². The van der Waals surface area contributed by atoms with E-state index in [0.29, 0.717) is 5.56 Å². The second-order valence-corrected chi connectivity index (χ2v) is 6.71. The Kier molecular flexibility index (Phi) is 4.55. The Morgan fingerprint density at radius 2 is 2.09 bits per heavy atom. The minimum absolute atomic E-state index is 0.0449. The van der Waals surface area contributed by atoms with Crippen molar-refractivity contribution in [2.45, 2.75) is 44.8 Å². The van der Waals surface area contributed by atoms with E-state index in [-0.39, 0.29) is 18.1 Å². The summed E-state index contributed by atoms with van der Waals surface area (Å²) in [6.07, 6.45) is 3.02. The van der Waals surface area contributed by atoms with Crippen LogP contribution in [0.25, 0.3) is 10.6 Å². The quantitative estimate of drug-likeness (QED) is 0.914. The number of rotatable bonds is 3. The van der Waals surface area contributed by atoms with E-state index in [1.54, 1.807) is 11.3 Å². The number of nitrogens with zero attached hydrogens (tertiary/aromatic N) is 1. The van der Waals surface area contributed by atoms with Gasteiger partial charge in [-0.15, -0.1) is 11.3 Å². The van der Waals surface area contributed by atoms with Crippen LogP contribution in [-0.4, -0.2) is 28.1 Å². The van der Waals surface area contributed by atoms with Gasteiger partial charge < -0.3 is 10.4 Å². The van der Waals surface area contributed by atoms with E-state index in [9.17, 15) is 9.90 Å². The van der Waals surface area contributed by atoms with E-state index < -0.39 is 0 Å².